The molecule has 4 nitrogen and oxygen atoms in total. The molecule has 3 aromatic carbocycles. The quantitative estimate of drug-likeness (QED) is 0.344. The lowest BCUT2D eigenvalue weighted by Crippen LogP contribution is -2.12. The highest BCUT2D eigenvalue weighted by Crippen LogP contribution is 2.24. The number of pyridine rings is 1. The van der Waals surface area contributed by atoms with Crippen molar-refractivity contribution in [3.05, 3.63) is 101 Å². The summed E-state index contributed by atoms with van der Waals surface area (Å²) in [7, 11) is 0. The van der Waals surface area contributed by atoms with Gasteiger partial charge in [0.2, 0.25) is 0 Å². The van der Waals surface area contributed by atoms with Crippen molar-refractivity contribution in [1.82, 2.24) is 4.98 Å². The molecule has 150 valence electrons. The molecule has 0 saturated carbocycles. The molecule has 0 fully saturated rings. The first-order valence-electron chi connectivity index (χ1n) is 9.46. The molecule has 6 heteroatoms. The Morgan fingerprint density at radius 1 is 0.967 bits per heavy atom. The molecular formula is C24H20ClN3OS. The third-order valence-corrected chi connectivity index (χ3v) is 5.41. The van der Waals surface area contributed by atoms with E-state index in [1.54, 1.807) is 12.1 Å². The van der Waals surface area contributed by atoms with Crippen LogP contribution in [0.1, 0.15) is 21.6 Å². The van der Waals surface area contributed by atoms with Gasteiger partial charge in [0.1, 0.15) is 0 Å². The van der Waals surface area contributed by atoms with Crippen molar-refractivity contribution in [3.63, 3.8) is 0 Å². The van der Waals surface area contributed by atoms with Gasteiger partial charge >= 0.3 is 0 Å². The van der Waals surface area contributed by atoms with Crippen LogP contribution in [0.4, 0.5) is 11.4 Å². The Balaban J connectivity index is 1.49. The van der Waals surface area contributed by atoms with Crippen LogP contribution in [0.25, 0.3) is 10.9 Å². The topological polar surface area (TPSA) is 54.0 Å². The van der Waals surface area contributed by atoms with Gasteiger partial charge in [0.15, 0.2) is 0 Å². The fraction of sp³-hybridized carbons (Fsp3) is 0.0833. The van der Waals surface area contributed by atoms with Gasteiger partial charge in [-0.25, -0.2) is 0 Å². The highest BCUT2D eigenvalue weighted by molar-refractivity contribution is 7.99. The molecular weight excluding hydrogens is 414 g/mol. The number of hydrogen-bond donors (Lipinski definition) is 2. The molecule has 0 aliphatic rings. The van der Waals surface area contributed by atoms with Crippen LogP contribution in [0, 0.1) is 0 Å². The first kappa shape index (κ1) is 20.3. The van der Waals surface area contributed by atoms with E-state index in [0.717, 1.165) is 33.5 Å². The van der Waals surface area contributed by atoms with Crippen molar-refractivity contribution in [2.75, 3.05) is 16.3 Å². The summed E-state index contributed by atoms with van der Waals surface area (Å²) in [6.07, 6.45) is 2.61. The van der Waals surface area contributed by atoms with Gasteiger partial charge in [-0.2, -0.15) is 0 Å². The highest BCUT2D eigenvalue weighted by Gasteiger charge is 2.12. The van der Waals surface area contributed by atoms with Crippen LogP contribution in [0.5, 0.6) is 0 Å². The Morgan fingerprint density at radius 2 is 1.83 bits per heavy atom. The molecule has 0 unspecified atom stereocenters. The van der Waals surface area contributed by atoms with E-state index in [9.17, 15) is 4.79 Å². The van der Waals surface area contributed by atoms with Gasteiger partial charge in [-0.15, -0.1) is 0 Å². The van der Waals surface area contributed by atoms with E-state index in [4.69, 9.17) is 16.6 Å². The lowest BCUT2D eigenvalue weighted by molar-refractivity contribution is 0.102. The van der Waals surface area contributed by atoms with Gasteiger partial charge < -0.3 is 10.0 Å². The molecule has 0 saturated heterocycles. The maximum absolute atomic E-state index is 12.7. The monoisotopic (exact) mass is 433 g/mol. The van der Waals surface area contributed by atoms with Crippen molar-refractivity contribution in [2.45, 2.75) is 6.42 Å². The number of fused-ring (bicyclic) bond motifs is 1. The van der Waals surface area contributed by atoms with E-state index in [1.807, 2.05) is 60.9 Å². The van der Waals surface area contributed by atoms with Crippen LogP contribution in [0.3, 0.4) is 0 Å². The Labute approximate surface area is 184 Å². The predicted molar refractivity (Wildman–Crippen MR) is 128 cm³/mol. The molecule has 1 aromatic heterocycles. The Morgan fingerprint density at radius 3 is 2.67 bits per heavy atom. The third kappa shape index (κ3) is 4.75. The van der Waals surface area contributed by atoms with Crippen LogP contribution < -0.4 is 10.0 Å². The molecule has 0 aliphatic heterocycles. The zero-order valence-electron chi connectivity index (χ0n) is 16.4. The molecule has 1 heterocycles. The number of halogens is 1. The SMILES string of the molecule is CSNc1ccc(C(=O)Nc2cccc(Cc3ccc4ccccc4n3)c2)c(Cl)c1. The third-order valence-electron chi connectivity index (χ3n) is 4.66. The number of rotatable bonds is 6. The van der Waals surface area contributed by atoms with Crippen LogP contribution >= 0.6 is 23.5 Å². The van der Waals surface area contributed by atoms with Crippen molar-refractivity contribution >= 4 is 51.7 Å². The van der Waals surface area contributed by atoms with Crippen LogP contribution in [0.15, 0.2) is 78.9 Å². The van der Waals surface area contributed by atoms with E-state index < -0.39 is 0 Å². The van der Waals surface area contributed by atoms with Gasteiger partial charge in [-0.05, 0) is 48.0 Å². The summed E-state index contributed by atoms with van der Waals surface area (Å²) in [6, 6.07) is 25.3. The van der Waals surface area contributed by atoms with Crippen molar-refractivity contribution < 1.29 is 4.79 Å². The van der Waals surface area contributed by atoms with Crippen molar-refractivity contribution in [3.8, 4) is 0 Å². The van der Waals surface area contributed by atoms with E-state index in [2.05, 4.69) is 22.2 Å². The number of nitrogens with one attached hydrogen (secondary N) is 2. The van der Waals surface area contributed by atoms with Gasteiger partial charge in [0.05, 0.1) is 16.1 Å². The first-order valence-corrected chi connectivity index (χ1v) is 11.1. The van der Waals surface area contributed by atoms with Gasteiger partial charge in [-0.3, -0.25) is 9.78 Å². The maximum Gasteiger partial charge on any atom is 0.257 e. The number of amides is 1. The molecule has 0 radical (unpaired) electrons. The van der Waals surface area contributed by atoms with Crippen LogP contribution in [-0.4, -0.2) is 17.1 Å². The average Bonchev–Trinajstić information content (AvgIpc) is 2.74. The minimum atomic E-state index is -0.239. The van der Waals surface area contributed by atoms with E-state index in [-0.39, 0.29) is 5.91 Å². The summed E-state index contributed by atoms with van der Waals surface area (Å²) in [5.74, 6) is -0.239. The number of anilines is 2. The standard InChI is InChI=1S/C24H20ClN3OS/c1-30-28-20-11-12-21(22(25)15-20)24(29)27-18-7-4-5-16(13-18)14-19-10-9-17-6-2-3-8-23(17)26-19/h2-13,15,28H,14H2,1H3,(H,27,29). The number of nitrogens with zero attached hydrogens (tertiary/aromatic N) is 1. The second-order valence-corrected chi connectivity index (χ2v) is 7.85. The number of aromatic nitrogens is 1. The minimum Gasteiger partial charge on any atom is -0.330 e. The number of carbonyl (C=O) groups excluding carboxylic acids is 1. The van der Waals surface area contributed by atoms with Crippen LogP contribution in [-0.2, 0) is 6.42 Å². The zero-order valence-corrected chi connectivity index (χ0v) is 17.9. The summed E-state index contributed by atoms with van der Waals surface area (Å²) in [5, 5.41) is 4.47. The summed E-state index contributed by atoms with van der Waals surface area (Å²) in [4.78, 5) is 17.4. The smallest absolute Gasteiger partial charge is 0.257 e. The van der Waals surface area contributed by atoms with Gasteiger partial charge in [0.25, 0.3) is 5.91 Å². The number of benzene rings is 3. The largest absolute Gasteiger partial charge is 0.330 e. The Bertz CT molecular complexity index is 1210. The number of para-hydroxylation sites is 1. The molecule has 0 aliphatic carbocycles. The fourth-order valence-corrected chi connectivity index (χ4v) is 3.88. The second kappa shape index (κ2) is 9.20. The normalized spacial score (nSPS) is 10.7. The number of carbonyl (C=O) groups is 1. The minimum absolute atomic E-state index is 0.239. The van der Waals surface area contributed by atoms with Gasteiger partial charge in [-0.1, -0.05) is 59.9 Å². The van der Waals surface area contributed by atoms with E-state index >= 15 is 0 Å². The molecule has 4 rings (SSSR count). The van der Waals surface area contributed by atoms with E-state index in [1.165, 1.54) is 11.9 Å². The van der Waals surface area contributed by atoms with Crippen molar-refractivity contribution in [2.24, 2.45) is 0 Å². The molecule has 0 atom stereocenters. The summed E-state index contributed by atoms with van der Waals surface area (Å²) in [5.41, 5.74) is 5.05. The maximum atomic E-state index is 12.7. The fourth-order valence-electron chi connectivity index (χ4n) is 3.25. The van der Waals surface area contributed by atoms with Crippen LogP contribution in [0.2, 0.25) is 5.02 Å². The lowest BCUT2D eigenvalue weighted by atomic mass is 10.1. The summed E-state index contributed by atoms with van der Waals surface area (Å²) >= 11 is 7.76. The molecule has 0 spiro atoms. The predicted octanol–water partition coefficient (Wildman–Crippen LogP) is 6.42. The number of hydrogen-bond acceptors (Lipinski definition) is 4. The summed E-state index contributed by atoms with van der Waals surface area (Å²) < 4.78 is 3.10. The summed E-state index contributed by atoms with van der Waals surface area (Å²) in [6.45, 7) is 0. The Kier molecular flexibility index (Phi) is 6.21. The highest BCUT2D eigenvalue weighted by atomic mass is 35.5. The molecule has 2 N–H and O–H groups in total. The van der Waals surface area contributed by atoms with E-state index in [0.29, 0.717) is 17.0 Å². The average molecular weight is 434 g/mol. The Hall–Kier alpha value is -3.02. The molecule has 4 aromatic rings. The molecule has 1 amide bonds. The lowest BCUT2D eigenvalue weighted by Gasteiger charge is -2.10. The molecule has 0 bridgehead atoms. The molecule has 30 heavy (non-hydrogen) atoms. The van der Waals surface area contributed by atoms with Gasteiger partial charge in [0, 0.05) is 35.1 Å². The second-order valence-electron chi connectivity index (χ2n) is 6.83. The zero-order chi connectivity index (χ0) is 20.9. The van der Waals surface area contributed by atoms with Crippen molar-refractivity contribution in [1.29, 1.82) is 0 Å². The first-order chi connectivity index (χ1) is 14.6.